The Bertz CT molecular complexity index is 591. The second kappa shape index (κ2) is 5.36. The van der Waals surface area contributed by atoms with Crippen LogP contribution in [-0.4, -0.2) is 6.18 Å². The monoisotopic (exact) mass is 294 g/mol. The molecule has 0 N–H and O–H groups in total. The van der Waals surface area contributed by atoms with Gasteiger partial charge in [0.25, 0.3) is 0 Å². The lowest BCUT2D eigenvalue weighted by atomic mass is 9.73. The molecule has 0 bridgehead atoms. The Morgan fingerprint density at radius 3 is 2.33 bits per heavy atom. The van der Waals surface area contributed by atoms with Crippen LogP contribution in [0.2, 0.25) is 0 Å². The third-order valence-electron chi connectivity index (χ3n) is 4.32. The summed E-state index contributed by atoms with van der Waals surface area (Å²) in [6.45, 7) is 8.33. The second-order valence-corrected chi connectivity index (χ2v) is 6.29. The van der Waals surface area contributed by atoms with Crippen molar-refractivity contribution in [2.75, 3.05) is 0 Å². The lowest BCUT2D eigenvalue weighted by Crippen LogP contribution is -2.24. The molecule has 0 saturated heterocycles. The van der Waals surface area contributed by atoms with Crippen molar-refractivity contribution in [2.45, 2.75) is 51.6 Å². The van der Waals surface area contributed by atoms with E-state index >= 15 is 0 Å². The highest BCUT2D eigenvalue weighted by molar-refractivity contribution is 5.46. The number of allylic oxidation sites excluding steroid dienone is 4. The molecule has 1 aromatic rings. The normalized spacial score (nSPS) is 22.6. The minimum absolute atomic E-state index is 0.371. The summed E-state index contributed by atoms with van der Waals surface area (Å²) in [6, 6.07) is 6.12. The quantitative estimate of drug-likeness (QED) is 0.644. The summed E-state index contributed by atoms with van der Waals surface area (Å²) in [5.74, 6) is 0.405. The molecule has 1 aromatic carbocycles. The summed E-state index contributed by atoms with van der Waals surface area (Å²) in [5.41, 5.74) is 2.64. The van der Waals surface area contributed by atoms with E-state index in [0.29, 0.717) is 12.3 Å². The van der Waals surface area contributed by atoms with Crippen LogP contribution in [0.25, 0.3) is 0 Å². The molecule has 2 rings (SSSR count). The fourth-order valence-electron chi connectivity index (χ4n) is 3.04. The van der Waals surface area contributed by atoms with Crippen LogP contribution >= 0.6 is 0 Å². The van der Waals surface area contributed by atoms with Crippen LogP contribution in [0, 0.1) is 6.92 Å². The first-order chi connectivity index (χ1) is 9.65. The van der Waals surface area contributed by atoms with Gasteiger partial charge in [-0.3, -0.25) is 0 Å². The predicted molar refractivity (Wildman–Crippen MR) is 80.5 cm³/mol. The highest BCUT2D eigenvalue weighted by Crippen LogP contribution is 2.40. The van der Waals surface area contributed by atoms with Crippen LogP contribution in [0.3, 0.4) is 0 Å². The average molecular weight is 294 g/mol. The lowest BCUT2D eigenvalue weighted by Gasteiger charge is -2.31. The average Bonchev–Trinajstić information content (AvgIpc) is 2.37. The maximum atomic E-state index is 12.7. The van der Waals surface area contributed by atoms with Crippen LogP contribution < -0.4 is 0 Å². The van der Waals surface area contributed by atoms with Crippen LogP contribution in [0.4, 0.5) is 13.2 Å². The van der Waals surface area contributed by atoms with Gasteiger partial charge >= 0.3 is 6.18 Å². The maximum Gasteiger partial charge on any atom is 0.416 e. The van der Waals surface area contributed by atoms with E-state index in [1.165, 1.54) is 23.3 Å². The van der Waals surface area contributed by atoms with Gasteiger partial charge in [0.1, 0.15) is 0 Å². The van der Waals surface area contributed by atoms with Crippen LogP contribution in [0.15, 0.2) is 42.0 Å². The van der Waals surface area contributed by atoms with E-state index in [0.717, 1.165) is 5.56 Å². The number of benzene rings is 1. The van der Waals surface area contributed by atoms with Crippen LogP contribution in [0.1, 0.15) is 49.8 Å². The van der Waals surface area contributed by atoms with Gasteiger partial charge in [0, 0.05) is 5.41 Å². The van der Waals surface area contributed by atoms with E-state index in [4.69, 9.17) is 0 Å². The molecule has 0 nitrogen and oxygen atoms in total. The molecule has 21 heavy (non-hydrogen) atoms. The van der Waals surface area contributed by atoms with Crippen molar-refractivity contribution in [1.82, 2.24) is 0 Å². The van der Waals surface area contributed by atoms with Gasteiger partial charge in [-0.2, -0.15) is 13.2 Å². The Kier molecular flexibility index (Phi) is 4.05. The molecule has 0 radical (unpaired) electrons. The molecule has 0 saturated carbocycles. The van der Waals surface area contributed by atoms with Crippen molar-refractivity contribution in [2.24, 2.45) is 0 Å². The van der Waals surface area contributed by atoms with Gasteiger partial charge in [-0.25, -0.2) is 0 Å². The number of rotatable bonds is 2. The zero-order chi connectivity index (χ0) is 15.8. The molecule has 1 atom stereocenters. The van der Waals surface area contributed by atoms with E-state index in [1.54, 1.807) is 6.08 Å². The van der Waals surface area contributed by atoms with E-state index < -0.39 is 11.7 Å². The third-order valence-corrected chi connectivity index (χ3v) is 4.32. The van der Waals surface area contributed by atoms with Crippen LogP contribution in [0.5, 0.6) is 0 Å². The second-order valence-electron chi connectivity index (χ2n) is 6.29. The number of halogens is 3. The molecular weight excluding hydrogens is 273 g/mol. The molecule has 0 amide bonds. The SMILES string of the molecule is Cc1c(C(C)C)cccc1C1(C)C=CC(C(F)(F)F)=CC1. The summed E-state index contributed by atoms with van der Waals surface area (Å²) in [4.78, 5) is 0. The fraction of sp³-hybridized carbons (Fsp3) is 0.444. The number of hydrogen-bond acceptors (Lipinski definition) is 0. The van der Waals surface area contributed by atoms with Crippen molar-refractivity contribution in [3.8, 4) is 0 Å². The molecule has 0 aromatic heterocycles. The minimum atomic E-state index is -4.26. The van der Waals surface area contributed by atoms with Gasteiger partial charge < -0.3 is 0 Å². The molecular formula is C18H21F3. The molecule has 1 aliphatic rings. The topological polar surface area (TPSA) is 0 Å². The summed E-state index contributed by atoms with van der Waals surface area (Å²) < 4.78 is 38.2. The van der Waals surface area contributed by atoms with Crippen molar-refractivity contribution in [3.05, 3.63) is 58.7 Å². The van der Waals surface area contributed by atoms with Crippen molar-refractivity contribution in [3.63, 3.8) is 0 Å². The van der Waals surface area contributed by atoms with E-state index in [9.17, 15) is 13.2 Å². The third kappa shape index (κ3) is 3.07. The van der Waals surface area contributed by atoms with Gasteiger partial charge in [0.05, 0.1) is 5.57 Å². The molecule has 0 fully saturated rings. The molecule has 0 aliphatic heterocycles. The van der Waals surface area contributed by atoms with E-state index in [1.807, 2.05) is 19.1 Å². The summed E-state index contributed by atoms with van der Waals surface area (Å²) >= 11 is 0. The Morgan fingerprint density at radius 1 is 1.19 bits per heavy atom. The molecule has 3 heteroatoms. The first-order valence-electron chi connectivity index (χ1n) is 7.22. The molecule has 0 heterocycles. The summed E-state index contributed by atoms with van der Waals surface area (Å²) in [7, 11) is 0. The summed E-state index contributed by atoms with van der Waals surface area (Å²) in [6.07, 6.45) is 0.335. The zero-order valence-electron chi connectivity index (χ0n) is 12.9. The van der Waals surface area contributed by atoms with Crippen LogP contribution in [-0.2, 0) is 5.41 Å². The first-order valence-corrected chi connectivity index (χ1v) is 7.22. The van der Waals surface area contributed by atoms with Gasteiger partial charge in [0.15, 0.2) is 0 Å². The van der Waals surface area contributed by atoms with Gasteiger partial charge in [-0.05, 0) is 36.0 Å². The van der Waals surface area contributed by atoms with Crippen molar-refractivity contribution < 1.29 is 13.2 Å². The van der Waals surface area contributed by atoms with E-state index in [2.05, 4.69) is 26.8 Å². The van der Waals surface area contributed by atoms with E-state index in [-0.39, 0.29) is 5.41 Å². The Hall–Kier alpha value is -1.51. The maximum absolute atomic E-state index is 12.7. The Morgan fingerprint density at radius 2 is 1.86 bits per heavy atom. The molecule has 1 aliphatic carbocycles. The standard InChI is InChI=1S/C18H21F3/c1-12(2)15-6-5-7-16(13(15)3)17(4)10-8-14(9-11-17)18(19,20)21/h5-10,12H,11H2,1-4H3. The Labute approximate surface area is 124 Å². The van der Waals surface area contributed by atoms with Gasteiger partial charge in [0.2, 0.25) is 0 Å². The molecule has 1 unspecified atom stereocenters. The smallest absolute Gasteiger partial charge is 0.166 e. The largest absolute Gasteiger partial charge is 0.416 e. The van der Waals surface area contributed by atoms with Gasteiger partial charge in [-0.15, -0.1) is 0 Å². The zero-order valence-corrected chi connectivity index (χ0v) is 12.9. The summed E-state index contributed by atoms with van der Waals surface area (Å²) in [5, 5.41) is 0. The molecule has 0 spiro atoms. The van der Waals surface area contributed by atoms with Gasteiger partial charge in [-0.1, -0.05) is 57.2 Å². The molecule has 114 valence electrons. The Balaban J connectivity index is 2.39. The fourth-order valence-corrected chi connectivity index (χ4v) is 3.04. The van der Waals surface area contributed by atoms with Crippen molar-refractivity contribution >= 4 is 0 Å². The highest BCUT2D eigenvalue weighted by Gasteiger charge is 2.36. The number of hydrogen-bond donors (Lipinski definition) is 0. The highest BCUT2D eigenvalue weighted by atomic mass is 19.4. The lowest BCUT2D eigenvalue weighted by molar-refractivity contribution is -0.0887. The first kappa shape index (κ1) is 15.9. The van der Waals surface area contributed by atoms with Crippen molar-refractivity contribution in [1.29, 1.82) is 0 Å². The minimum Gasteiger partial charge on any atom is -0.166 e. The number of alkyl halides is 3. The predicted octanol–water partition coefficient (Wildman–Crippen LogP) is 5.82.